The van der Waals surface area contributed by atoms with Gasteiger partial charge >= 0.3 is 5.97 Å². The molecule has 2 aliphatic rings. The van der Waals surface area contributed by atoms with Crippen molar-refractivity contribution >= 4 is 16.9 Å². The molecule has 5 rings (SSSR count). The molecule has 172 valence electrons. The van der Waals surface area contributed by atoms with E-state index in [1.807, 2.05) is 6.07 Å². The highest BCUT2D eigenvalue weighted by Crippen LogP contribution is 2.39. The number of rotatable bonds is 4. The van der Waals surface area contributed by atoms with E-state index in [1.165, 1.54) is 11.1 Å². The summed E-state index contributed by atoms with van der Waals surface area (Å²) >= 11 is 0. The van der Waals surface area contributed by atoms with Gasteiger partial charge in [-0.2, -0.15) is 0 Å². The van der Waals surface area contributed by atoms with Crippen LogP contribution in [0.25, 0.3) is 22.3 Å². The van der Waals surface area contributed by atoms with Gasteiger partial charge in [-0.3, -0.25) is 4.79 Å². The van der Waals surface area contributed by atoms with Crippen LogP contribution in [-0.4, -0.2) is 39.6 Å². The minimum absolute atomic E-state index is 0.119. The zero-order chi connectivity index (χ0) is 23.7. The molecule has 3 aromatic rings. The lowest BCUT2D eigenvalue weighted by molar-refractivity contribution is -0.172. The van der Waals surface area contributed by atoms with Gasteiger partial charge in [0.2, 0.25) is 0 Å². The lowest BCUT2D eigenvalue weighted by atomic mass is 9.86. The third-order valence-corrected chi connectivity index (χ3v) is 6.94. The molecule has 1 atom stereocenters. The summed E-state index contributed by atoms with van der Waals surface area (Å²) in [6, 6.07) is 8.10. The fourth-order valence-corrected chi connectivity index (χ4v) is 5.16. The molecule has 1 aromatic carbocycles. The Kier molecular flexibility index (Phi) is 4.95. The first kappa shape index (κ1) is 21.8. The Morgan fingerprint density at radius 3 is 2.67 bits per heavy atom. The quantitative estimate of drug-likeness (QED) is 0.484. The van der Waals surface area contributed by atoms with Crippen molar-refractivity contribution in [3.63, 3.8) is 0 Å². The number of aliphatic hydroxyl groups is 1. The molecule has 7 heteroatoms. The number of fused-ring (bicyclic) bond motifs is 5. The predicted molar refractivity (Wildman–Crippen MR) is 126 cm³/mol. The van der Waals surface area contributed by atoms with E-state index in [2.05, 4.69) is 45.0 Å². The number of hydrogen-bond acceptors (Lipinski definition) is 6. The number of esters is 1. The zero-order valence-electron chi connectivity index (χ0n) is 19.7. The van der Waals surface area contributed by atoms with Crippen molar-refractivity contribution in [3.8, 4) is 11.4 Å². The molecular formula is C26H29N3O4. The van der Waals surface area contributed by atoms with Gasteiger partial charge in [0.05, 0.1) is 29.0 Å². The first-order valence-corrected chi connectivity index (χ1v) is 11.4. The standard InChI is InChI=1S/C26H29N3O4/c1-6-26(32)20-10-22-23-15(11-29(22)24(30)19(20)13-33-25(26)31)9-17-18(12-28(4)5)16(14(2)3)7-8-21(17)27-23/h7-10,14,32H,6,11-13H2,1-5H3/t26-/m0/s1. The third kappa shape index (κ3) is 3.14. The summed E-state index contributed by atoms with van der Waals surface area (Å²) in [4.78, 5) is 32.8. The largest absolute Gasteiger partial charge is 0.458 e. The molecular weight excluding hydrogens is 418 g/mol. The molecule has 0 bridgehead atoms. The van der Waals surface area contributed by atoms with E-state index in [-0.39, 0.29) is 18.6 Å². The molecule has 7 nitrogen and oxygen atoms in total. The Balaban J connectivity index is 1.75. The number of nitrogens with zero attached hydrogens (tertiary/aromatic N) is 3. The summed E-state index contributed by atoms with van der Waals surface area (Å²) in [7, 11) is 4.11. The minimum atomic E-state index is -1.81. The van der Waals surface area contributed by atoms with Crippen LogP contribution in [0.5, 0.6) is 0 Å². The van der Waals surface area contributed by atoms with Crippen molar-refractivity contribution in [2.45, 2.75) is 58.4 Å². The van der Waals surface area contributed by atoms with Crippen LogP contribution in [0.1, 0.15) is 60.9 Å². The maximum Gasteiger partial charge on any atom is 0.343 e. The molecule has 0 saturated heterocycles. The van der Waals surface area contributed by atoms with Gasteiger partial charge in [-0.05, 0) is 55.8 Å². The predicted octanol–water partition coefficient (Wildman–Crippen LogP) is 3.26. The molecule has 4 heterocycles. The Bertz CT molecular complexity index is 1370. The minimum Gasteiger partial charge on any atom is -0.458 e. The van der Waals surface area contributed by atoms with E-state index in [0.717, 1.165) is 28.7 Å². The molecule has 2 aromatic heterocycles. The van der Waals surface area contributed by atoms with E-state index in [9.17, 15) is 14.7 Å². The fourth-order valence-electron chi connectivity index (χ4n) is 5.16. The number of aromatic nitrogens is 2. The molecule has 0 amide bonds. The zero-order valence-corrected chi connectivity index (χ0v) is 19.7. The van der Waals surface area contributed by atoms with Gasteiger partial charge in [-0.15, -0.1) is 0 Å². The van der Waals surface area contributed by atoms with Crippen molar-refractivity contribution < 1.29 is 14.6 Å². The SMILES string of the molecule is CC[C@@]1(O)C(=O)OCc2c1cc1n(c2=O)Cc2cc3c(CN(C)C)c(C(C)C)ccc3nc2-1. The van der Waals surface area contributed by atoms with Gasteiger partial charge in [0.25, 0.3) is 5.56 Å². The fraction of sp³-hybridized carbons (Fsp3) is 0.423. The van der Waals surface area contributed by atoms with Gasteiger partial charge in [-0.1, -0.05) is 26.8 Å². The molecule has 0 unspecified atom stereocenters. The summed E-state index contributed by atoms with van der Waals surface area (Å²) in [5.41, 5.74) is 4.40. The van der Waals surface area contributed by atoms with Crippen LogP contribution < -0.4 is 5.56 Å². The molecule has 0 radical (unpaired) electrons. The normalized spacial score (nSPS) is 19.1. The van der Waals surface area contributed by atoms with Crippen LogP contribution >= 0.6 is 0 Å². The lowest BCUT2D eigenvalue weighted by Gasteiger charge is -2.31. The van der Waals surface area contributed by atoms with Crippen molar-refractivity contribution in [1.82, 2.24) is 14.5 Å². The summed E-state index contributed by atoms with van der Waals surface area (Å²) in [5.74, 6) is -0.325. The molecule has 1 N–H and O–H groups in total. The van der Waals surface area contributed by atoms with E-state index in [0.29, 0.717) is 29.3 Å². The molecule has 33 heavy (non-hydrogen) atoms. The van der Waals surface area contributed by atoms with Crippen molar-refractivity contribution in [2.24, 2.45) is 0 Å². The third-order valence-electron chi connectivity index (χ3n) is 6.94. The maximum atomic E-state index is 13.4. The summed E-state index contributed by atoms with van der Waals surface area (Å²) < 4.78 is 6.84. The van der Waals surface area contributed by atoms with E-state index in [4.69, 9.17) is 9.72 Å². The van der Waals surface area contributed by atoms with Crippen LogP contribution in [0.4, 0.5) is 0 Å². The van der Waals surface area contributed by atoms with E-state index < -0.39 is 11.6 Å². The summed E-state index contributed by atoms with van der Waals surface area (Å²) in [5, 5.41) is 12.1. The number of carbonyl (C=O) groups is 1. The number of cyclic esters (lactones) is 1. The van der Waals surface area contributed by atoms with Crippen LogP contribution in [0, 0.1) is 0 Å². The van der Waals surface area contributed by atoms with Crippen molar-refractivity contribution in [1.29, 1.82) is 0 Å². The second kappa shape index (κ2) is 7.50. The molecule has 0 aliphatic carbocycles. The molecule has 0 spiro atoms. The number of pyridine rings is 2. The highest BCUT2D eigenvalue weighted by Gasteiger charge is 2.45. The van der Waals surface area contributed by atoms with Crippen molar-refractivity contribution in [2.75, 3.05) is 14.1 Å². The number of benzene rings is 1. The number of ether oxygens (including phenoxy) is 1. The highest BCUT2D eigenvalue weighted by atomic mass is 16.6. The molecule has 2 aliphatic heterocycles. The lowest BCUT2D eigenvalue weighted by Crippen LogP contribution is -2.44. The second-order valence-corrected chi connectivity index (χ2v) is 9.69. The first-order valence-electron chi connectivity index (χ1n) is 11.4. The maximum absolute atomic E-state index is 13.4. The Morgan fingerprint density at radius 1 is 1.24 bits per heavy atom. The summed E-state index contributed by atoms with van der Waals surface area (Å²) in [6.07, 6.45) is 0.131. The molecule has 0 fully saturated rings. The van der Waals surface area contributed by atoms with E-state index >= 15 is 0 Å². The average molecular weight is 448 g/mol. The first-order chi connectivity index (χ1) is 15.7. The van der Waals surface area contributed by atoms with E-state index in [1.54, 1.807) is 17.6 Å². The van der Waals surface area contributed by atoms with Crippen molar-refractivity contribution in [3.05, 3.63) is 62.4 Å². The second-order valence-electron chi connectivity index (χ2n) is 9.69. The number of carbonyl (C=O) groups excluding carboxylic acids is 1. The van der Waals surface area contributed by atoms with Crippen LogP contribution in [0.3, 0.4) is 0 Å². The van der Waals surface area contributed by atoms with Gasteiger partial charge in [0, 0.05) is 23.1 Å². The Hall–Kier alpha value is -3.03. The highest BCUT2D eigenvalue weighted by molar-refractivity contribution is 5.88. The summed E-state index contributed by atoms with van der Waals surface area (Å²) in [6.45, 7) is 7.19. The average Bonchev–Trinajstić information content (AvgIpc) is 3.13. The van der Waals surface area contributed by atoms with Gasteiger partial charge in [0.1, 0.15) is 6.61 Å². The van der Waals surface area contributed by atoms with Gasteiger partial charge in [0.15, 0.2) is 5.60 Å². The van der Waals surface area contributed by atoms with Gasteiger partial charge < -0.3 is 19.3 Å². The van der Waals surface area contributed by atoms with Crippen LogP contribution in [0.2, 0.25) is 0 Å². The monoisotopic (exact) mass is 447 g/mol. The number of hydrogen-bond donors (Lipinski definition) is 1. The van der Waals surface area contributed by atoms with Gasteiger partial charge in [-0.25, -0.2) is 9.78 Å². The molecule has 0 saturated carbocycles. The topological polar surface area (TPSA) is 84.7 Å². The smallest absolute Gasteiger partial charge is 0.343 e. The van der Waals surface area contributed by atoms with Crippen LogP contribution in [-0.2, 0) is 34.8 Å². The van der Waals surface area contributed by atoms with Crippen LogP contribution in [0.15, 0.2) is 29.1 Å². The Labute approximate surface area is 192 Å². The Morgan fingerprint density at radius 2 is 2.00 bits per heavy atom.